The number of rotatable bonds is 4. The van der Waals surface area contributed by atoms with Crippen LogP contribution in [0, 0.1) is 5.92 Å². The zero-order valence-electron chi connectivity index (χ0n) is 16.0. The highest BCUT2D eigenvalue weighted by Crippen LogP contribution is 2.32. The lowest BCUT2D eigenvalue weighted by Crippen LogP contribution is -2.41. The molecule has 29 heavy (non-hydrogen) atoms. The van der Waals surface area contributed by atoms with E-state index in [0.29, 0.717) is 30.5 Å². The van der Waals surface area contributed by atoms with Crippen molar-refractivity contribution >= 4 is 35.2 Å². The molecule has 9 nitrogen and oxygen atoms in total. The summed E-state index contributed by atoms with van der Waals surface area (Å²) < 4.78 is 9.34. The Labute approximate surface area is 166 Å². The minimum atomic E-state index is -0.935. The van der Waals surface area contributed by atoms with E-state index >= 15 is 0 Å². The van der Waals surface area contributed by atoms with Gasteiger partial charge in [-0.1, -0.05) is 0 Å². The van der Waals surface area contributed by atoms with Crippen molar-refractivity contribution in [3.8, 4) is 0 Å². The number of allylic oxidation sites excluding steroid dienone is 1. The maximum absolute atomic E-state index is 12.9. The van der Waals surface area contributed by atoms with Crippen molar-refractivity contribution in [1.29, 1.82) is 0 Å². The monoisotopic (exact) mass is 400 g/mol. The van der Waals surface area contributed by atoms with Crippen LogP contribution in [0.15, 0.2) is 29.5 Å². The molecular formula is C20H20N2O7. The normalized spacial score (nSPS) is 18.5. The van der Waals surface area contributed by atoms with Crippen LogP contribution in [0.5, 0.6) is 0 Å². The lowest BCUT2D eigenvalue weighted by molar-refractivity contribution is -0.128. The van der Waals surface area contributed by atoms with Gasteiger partial charge in [-0.05, 0) is 31.0 Å². The van der Waals surface area contributed by atoms with E-state index in [1.54, 1.807) is 0 Å². The van der Waals surface area contributed by atoms with Crippen molar-refractivity contribution in [2.24, 2.45) is 5.92 Å². The molecule has 0 aromatic heterocycles. The van der Waals surface area contributed by atoms with Gasteiger partial charge in [-0.3, -0.25) is 14.4 Å². The SMILES string of the molecule is COC(=O)c1cc(NC(=O)[C@H]2CC(=O)NC3=C2C(=O)CCC3)cc(C(=O)OC)c1. The Morgan fingerprint density at radius 3 is 2.21 bits per heavy atom. The number of hydrogen-bond acceptors (Lipinski definition) is 7. The Kier molecular flexibility index (Phi) is 5.76. The number of esters is 2. The number of anilines is 1. The van der Waals surface area contributed by atoms with E-state index in [-0.39, 0.29) is 34.9 Å². The number of ether oxygens (including phenoxy) is 2. The first-order valence-corrected chi connectivity index (χ1v) is 9.02. The van der Waals surface area contributed by atoms with Crippen molar-refractivity contribution in [2.75, 3.05) is 19.5 Å². The van der Waals surface area contributed by atoms with Gasteiger partial charge in [-0.2, -0.15) is 0 Å². The fourth-order valence-electron chi connectivity index (χ4n) is 3.53. The first-order valence-electron chi connectivity index (χ1n) is 9.02. The highest BCUT2D eigenvalue weighted by Gasteiger charge is 2.38. The van der Waals surface area contributed by atoms with Crippen LogP contribution in [0.25, 0.3) is 0 Å². The molecule has 3 rings (SSSR count). The molecule has 0 unspecified atom stereocenters. The number of hydrogen-bond donors (Lipinski definition) is 2. The van der Waals surface area contributed by atoms with Gasteiger partial charge in [0, 0.05) is 29.8 Å². The number of benzene rings is 1. The van der Waals surface area contributed by atoms with Crippen molar-refractivity contribution in [3.05, 3.63) is 40.6 Å². The van der Waals surface area contributed by atoms with Crippen LogP contribution in [-0.2, 0) is 23.9 Å². The fraction of sp³-hybridized carbons (Fsp3) is 0.350. The summed E-state index contributed by atoms with van der Waals surface area (Å²) in [6.45, 7) is 0. The van der Waals surface area contributed by atoms with Crippen LogP contribution in [-0.4, -0.2) is 43.8 Å². The quantitative estimate of drug-likeness (QED) is 0.730. The van der Waals surface area contributed by atoms with Gasteiger partial charge in [0.1, 0.15) is 0 Å². The van der Waals surface area contributed by atoms with Crippen molar-refractivity contribution in [3.63, 3.8) is 0 Å². The summed E-state index contributed by atoms with van der Waals surface area (Å²) >= 11 is 0. The van der Waals surface area contributed by atoms with E-state index in [4.69, 9.17) is 0 Å². The molecule has 0 saturated carbocycles. The number of ketones is 1. The highest BCUT2D eigenvalue weighted by atomic mass is 16.5. The molecule has 1 aliphatic carbocycles. The van der Waals surface area contributed by atoms with Crippen LogP contribution in [0.2, 0.25) is 0 Å². The first kappa shape index (κ1) is 20.2. The van der Waals surface area contributed by atoms with Crippen LogP contribution < -0.4 is 10.6 Å². The molecule has 2 N–H and O–H groups in total. The van der Waals surface area contributed by atoms with Gasteiger partial charge in [0.05, 0.1) is 31.3 Å². The van der Waals surface area contributed by atoms with Crippen LogP contribution in [0.3, 0.4) is 0 Å². The molecule has 0 fully saturated rings. The van der Waals surface area contributed by atoms with E-state index in [1.165, 1.54) is 32.4 Å². The Bertz CT molecular complexity index is 914. The van der Waals surface area contributed by atoms with Gasteiger partial charge < -0.3 is 20.1 Å². The van der Waals surface area contributed by atoms with Gasteiger partial charge >= 0.3 is 11.9 Å². The number of methoxy groups -OCH3 is 2. The summed E-state index contributed by atoms with van der Waals surface area (Å²) in [6.07, 6.45) is 1.32. The molecule has 1 aromatic rings. The summed E-state index contributed by atoms with van der Waals surface area (Å²) in [4.78, 5) is 61.1. The van der Waals surface area contributed by atoms with E-state index in [1.807, 2.05) is 0 Å². The largest absolute Gasteiger partial charge is 0.465 e. The second-order valence-electron chi connectivity index (χ2n) is 6.75. The van der Waals surface area contributed by atoms with Gasteiger partial charge in [-0.15, -0.1) is 0 Å². The number of carbonyl (C=O) groups is 5. The van der Waals surface area contributed by atoms with Crippen molar-refractivity contribution < 1.29 is 33.4 Å². The summed E-state index contributed by atoms with van der Waals surface area (Å²) in [5.41, 5.74) is 1.05. The maximum atomic E-state index is 12.9. The summed E-state index contributed by atoms with van der Waals surface area (Å²) in [7, 11) is 2.38. The summed E-state index contributed by atoms with van der Waals surface area (Å²) in [5.74, 6) is -3.40. The lowest BCUT2D eigenvalue weighted by atomic mass is 9.81. The van der Waals surface area contributed by atoms with Crippen LogP contribution in [0.4, 0.5) is 5.69 Å². The molecule has 0 bridgehead atoms. The smallest absolute Gasteiger partial charge is 0.337 e. The van der Waals surface area contributed by atoms with Gasteiger partial charge in [-0.25, -0.2) is 9.59 Å². The van der Waals surface area contributed by atoms with Gasteiger partial charge in [0.15, 0.2) is 5.78 Å². The summed E-state index contributed by atoms with van der Waals surface area (Å²) in [5, 5.41) is 5.28. The summed E-state index contributed by atoms with van der Waals surface area (Å²) in [6, 6.07) is 3.97. The molecule has 2 aliphatic rings. The number of amides is 2. The van der Waals surface area contributed by atoms with E-state index in [0.717, 1.165) is 0 Å². The van der Waals surface area contributed by atoms with E-state index in [2.05, 4.69) is 20.1 Å². The third-order valence-electron chi connectivity index (χ3n) is 4.84. The molecular weight excluding hydrogens is 380 g/mol. The van der Waals surface area contributed by atoms with Crippen LogP contribution >= 0.6 is 0 Å². The third kappa shape index (κ3) is 4.18. The Morgan fingerprint density at radius 2 is 1.62 bits per heavy atom. The van der Waals surface area contributed by atoms with Crippen molar-refractivity contribution in [1.82, 2.24) is 5.32 Å². The molecule has 1 aliphatic heterocycles. The lowest BCUT2D eigenvalue weighted by Gasteiger charge is -2.30. The zero-order chi connectivity index (χ0) is 21.1. The number of Topliss-reactive ketones (excluding diaryl/α,β-unsaturated/α-hetero) is 1. The van der Waals surface area contributed by atoms with Crippen LogP contribution in [0.1, 0.15) is 46.4 Å². The predicted molar refractivity (Wildman–Crippen MR) is 99.9 cm³/mol. The molecule has 0 saturated heterocycles. The average Bonchev–Trinajstić information content (AvgIpc) is 2.71. The number of nitrogens with one attached hydrogen (secondary N) is 2. The van der Waals surface area contributed by atoms with Crippen molar-refractivity contribution in [2.45, 2.75) is 25.7 Å². The average molecular weight is 400 g/mol. The van der Waals surface area contributed by atoms with E-state index < -0.39 is 23.8 Å². The Hall–Kier alpha value is -3.49. The second kappa shape index (κ2) is 8.26. The molecule has 2 amide bonds. The zero-order valence-corrected chi connectivity index (χ0v) is 16.0. The Balaban J connectivity index is 1.93. The first-order chi connectivity index (χ1) is 13.8. The molecule has 1 aromatic carbocycles. The van der Waals surface area contributed by atoms with Gasteiger partial charge in [0.25, 0.3) is 0 Å². The molecule has 1 atom stereocenters. The van der Waals surface area contributed by atoms with Gasteiger partial charge in [0.2, 0.25) is 11.8 Å². The minimum Gasteiger partial charge on any atom is -0.465 e. The molecule has 9 heteroatoms. The second-order valence-corrected chi connectivity index (χ2v) is 6.75. The molecule has 0 spiro atoms. The third-order valence-corrected chi connectivity index (χ3v) is 4.84. The number of carbonyl (C=O) groups excluding carboxylic acids is 5. The molecule has 152 valence electrons. The standard InChI is InChI=1S/C20H20N2O7/c1-28-19(26)10-6-11(20(27)29-2)8-12(7-10)21-18(25)13-9-16(24)22-14-4-3-5-15(23)17(13)14/h6-8,13H,3-5,9H2,1-2H3,(H,21,25)(H,22,24)/t13-/m0/s1. The maximum Gasteiger partial charge on any atom is 0.337 e. The Morgan fingerprint density at radius 1 is 1.00 bits per heavy atom. The van der Waals surface area contributed by atoms with E-state index in [9.17, 15) is 24.0 Å². The highest BCUT2D eigenvalue weighted by molar-refractivity contribution is 6.09. The topological polar surface area (TPSA) is 128 Å². The molecule has 0 radical (unpaired) electrons. The minimum absolute atomic E-state index is 0.0423. The fourth-order valence-corrected chi connectivity index (χ4v) is 3.53. The molecule has 1 heterocycles. The predicted octanol–water partition coefficient (Wildman–Crippen LogP) is 1.34.